The molecule has 0 radical (unpaired) electrons. The van der Waals surface area contributed by atoms with Crippen molar-refractivity contribution in [3.63, 3.8) is 0 Å². The molecule has 2 N–H and O–H groups in total. The molecule has 2 heterocycles. The summed E-state index contributed by atoms with van der Waals surface area (Å²) in [5.74, 6) is -1.21. The van der Waals surface area contributed by atoms with Crippen molar-refractivity contribution in [2.75, 3.05) is 0 Å². The molecule has 0 spiro atoms. The molecule has 0 atom stereocenters. The van der Waals surface area contributed by atoms with Gasteiger partial charge < -0.3 is 10.2 Å². The van der Waals surface area contributed by atoms with Crippen LogP contribution in [0.3, 0.4) is 0 Å². The molecule has 0 aliphatic heterocycles. The van der Waals surface area contributed by atoms with E-state index in [1.165, 1.54) is 17.6 Å². The van der Waals surface area contributed by atoms with Gasteiger partial charge in [0, 0.05) is 12.3 Å². The van der Waals surface area contributed by atoms with Gasteiger partial charge in [0.25, 0.3) is 0 Å². The van der Waals surface area contributed by atoms with Crippen LogP contribution < -0.4 is 0 Å². The maximum absolute atomic E-state index is 12.1. The zero-order chi connectivity index (χ0) is 20.0. The molecular formula is C20H15N3O4S. The highest BCUT2D eigenvalue weighted by molar-refractivity contribution is 7.19. The second kappa shape index (κ2) is 6.58. The predicted molar refractivity (Wildman–Crippen MR) is 108 cm³/mol. The predicted octanol–water partition coefficient (Wildman–Crippen LogP) is 3.99. The lowest BCUT2D eigenvalue weighted by molar-refractivity contribution is -0.108. The van der Waals surface area contributed by atoms with Gasteiger partial charge in [-0.2, -0.15) is 4.98 Å². The van der Waals surface area contributed by atoms with Crippen LogP contribution in [-0.4, -0.2) is 37.2 Å². The van der Waals surface area contributed by atoms with Crippen LogP contribution in [0, 0.1) is 0 Å². The first kappa shape index (κ1) is 17.9. The molecule has 7 nitrogen and oxygen atoms in total. The normalized spacial score (nSPS) is 15.4. The lowest BCUT2D eigenvalue weighted by Gasteiger charge is -2.04. The second-order valence-corrected chi connectivity index (χ2v) is 7.23. The van der Waals surface area contributed by atoms with Crippen molar-refractivity contribution < 1.29 is 19.8 Å². The summed E-state index contributed by atoms with van der Waals surface area (Å²) in [6.45, 7) is 3.11. The van der Waals surface area contributed by atoms with Crippen molar-refractivity contribution in [1.29, 1.82) is 0 Å². The van der Waals surface area contributed by atoms with E-state index in [0.29, 0.717) is 22.0 Å². The zero-order valence-electron chi connectivity index (χ0n) is 15.0. The average Bonchev–Trinajstić information content (AvgIpc) is 3.14. The Bertz CT molecular complexity index is 1240. The Morgan fingerprint density at radius 2 is 2.00 bits per heavy atom. The van der Waals surface area contributed by atoms with Gasteiger partial charge in [-0.05, 0) is 24.6 Å². The van der Waals surface area contributed by atoms with Crippen LogP contribution in [0.5, 0.6) is 11.8 Å². The second-order valence-electron chi connectivity index (χ2n) is 6.25. The number of fused-ring (bicyclic) bond motifs is 1. The maximum Gasteiger partial charge on any atom is 0.232 e. The minimum Gasteiger partial charge on any atom is -0.494 e. The fourth-order valence-electron chi connectivity index (χ4n) is 3.15. The molecule has 28 heavy (non-hydrogen) atoms. The SMILES string of the molecule is CC(=O)n1c(O)c(-c2sc(/N=C3/C(=O)C=CC=C3C)nc2O)c2ccccc21. The van der Waals surface area contributed by atoms with E-state index in [2.05, 4.69) is 9.98 Å². The van der Waals surface area contributed by atoms with Gasteiger partial charge in [-0.1, -0.05) is 41.7 Å². The molecule has 3 aromatic rings. The number of ketones is 1. The molecule has 8 heteroatoms. The largest absolute Gasteiger partial charge is 0.494 e. The number of rotatable bonds is 2. The summed E-state index contributed by atoms with van der Waals surface area (Å²) in [7, 11) is 0. The number of nitrogens with zero attached hydrogens (tertiary/aromatic N) is 3. The van der Waals surface area contributed by atoms with Crippen LogP contribution in [0.15, 0.2) is 53.1 Å². The fourth-order valence-corrected chi connectivity index (χ4v) is 4.04. The molecule has 0 unspecified atom stereocenters. The molecule has 140 valence electrons. The highest BCUT2D eigenvalue weighted by Crippen LogP contribution is 2.47. The molecule has 0 bridgehead atoms. The number of para-hydroxylation sites is 1. The van der Waals surface area contributed by atoms with E-state index in [1.54, 1.807) is 43.3 Å². The average molecular weight is 393 g/mol. The summed E-state index contributed by atoms with van der Waals surface area (Å²) in [5, 5.41) is 21.8. The summed E-state index contributed by atoms with van der Waals surface area (Å²) in [6, 6.07) is 6.99. The lowest BCUT2D eigenvalue weighted by Crippen LogP contribution is -2.14. The molecule has 2 aromatic heterocycles. The first-order chi connectivity index (χ1) is 13.4. The standard InChI is InChI=1S/C20H15N3O4S/c1-10-6-5-9-14(25)16(10)21-20-22-18(26)17(28-20)15-12-7-3-4-8-13(12)23(11(2)24)19(15)27/h3-9,26-27H,1-2H3/b21-16+. The molecular weight excluding hydrogens is 378 g/mol. The minimum atomic E-state index is -0.357. The van der Waals surface area contributed by atoms with E-state index in [4.69, 9.17) is 0 Å². The van der Waals surface area contributed by atoms with Gasteiger partial charge in [-0.3, -0.25) is 14.2 Å². The molecule has 1 aliphatic rings. The van der Waals surface area contributed by atoms with Crippen molar-refractivity contribution in [3.8, 4) is 22.2 Å². The van der Waals surface area contributed by atoms with Crippen LogP contribution in [0.25, 0.3) is 21.3 Å². The molecule has 4 rings (SSSR count). The van der Waals surface area contributed by atoms with Gasteiger partial charge in [0.05, 0.1) is 11.1 Å². The quantitative estimate of drug-likeness (QED) is 0.641. The molecule has 0 amide bonds. The number of hydrogen-bond acceptors (Lipinski definition) is 7. The van der Waals surface area contributed by atoms with Crippen molar-refractivity contribution in [2.24, 2.45) is 4.99 Å². The van der Waals surface area contributed by atoms with Gasteiger partial charge in [0.1, 0.15) is 10.6 Å². The topological polar surface area (TPSA) is 105 Å². The van der Waals surface area contributed by atoms with Gasteiger partial charge in [0.2, 0.25) is 28.6 Å². The summed E-state index contributed by atoms with van der Waals surface area (Å²) >= 11 is 1.03. The first-order valence-electron chi connectivity index (χ1n) is 8.40. The number of carbonyl (C=O) groups excluding carboxylic acids is 2. The third-order valence-electron chi connectivity index (χ3n) is 4.40. The van der Waals surface area contributed by atoms with Crippen LogP contribution in [0.1, 0.15) is 18.6 Å². The van der Waals surface area contributed by atoms with Gasteiger partial charge in [0.15, 0.2) is 0 Å². The number of aromatic nitrogens is 2. The van der Waals surface area contributed by atoms with Crippen LogP contribution in [-0.2, 0) is 4.79 Å². The van der Waals surface area contributed by atoms with Crippen molar-refractivity contribution in [1.82, 2.24) is 9.55 Å². The molecule has 0 saturated heterocycles. The molecule has 0 saturated carbocycles. The number of thiazole rings is 1. The Balaban J connectivity index is 1.90. The zero-order valence-corrected chi connectivity index (χ0v) is 15.8. The number of aliphatic imine (C=N–C) groups is 1. The van der Waals surface area contributed by atoms with Crippen molar-refractivity contribution in [2.45, 2.75) is 13.8 Å². The van der Waals surface area contributed by atoms with E-state index >= 15 is 0 Å². The minimum absolute atomic E-state index is 0.179. The maximum atomic E-state index is 12.1. The summed E-state index contributed by atoms with van der Waals surface area (Å²) in [5.41, 5.74) is 1.77. The fraction of sp³-hybridized carbons (Fsp3) is 0.100. The highest BCUT2D eigenvalue weighted by Gasteiger charge is 2.25. The van der Waals surface area contributed by atoms with Crippen LogP contribution in [0.2, 0.25) is 0 Å². The Morgan fingerprint density at radius 1 is 1.25 bits per heavy atom. The van der Waals surface area contributed by atoms with E-state index in [9.17, 15) is 19.8 Å². The first-order valence-corrected chi connectivity index (χ1v) is 9.22. The summed E-state index contributed by atoms with van der Waals surface area (Å²) in [6.07, 6.45) is 4.82. The lowest BCUT2D eigenvalue weighted by atomic mass is 10.0. The van der Waals surface area contributed by atoms with E-state index in [-0.39, 0.29) is 39.2 Å². The summed E-state index contributed by atoms with van der Waals surface area (Å²) in [4.78, 5) is 32.6. The molecule has 0 fully saturated rings. The third-order valence-corrected chi connectivity index (χ3v) is 5.35. The number of benzene rings is 1. The number of hydrogen-bond donors (Lipinski definition) is 2. The van der Waals surface area contributed by atoms with Crippen molar-refractivity contribution in [3.05, 3.63) is 48.1 Å². The number of carbonyl (C=O) groups is 2. The van der Waals surface area contributed by atoms with E-state index in [0.717, 1.165) is 11.3 Å². The van der Waals surface area contributed by atoms with E-state index in [1.807, 2.05) is 0 Å². The Labute approximate surface area is 163 Å². The van der Waals surface area contributed by atoms with Gasteiger partial charge >= 0.3 is 0 Å². The smallest absolute Gasteiger partial charge is 0.232 e. The van der Waals surface area contributed by atoms with Crippen LogP contribution in [0.4, 0.5) is 5.13 Å². The van der Waals surface area contributed by atoms with E-state index < -0.39 is 0 Å². The number of aromatic hydroxyl groups is 2. The summed E-state index contributed by atoms with van der Waals surface area (Å²) < 4.78 is 1.18. The Hall–Kier alpha value is -3.52. The van der Waals surface area contributed by atoms with Crippen LogP contribution >= 0.6 is 11.3 Å². The molecule has 1 aliphatic carbocycles. The van der Waals surface area contributed by atoms with Crippen molar-refractivity contribution >= 4 is 44.8 Å². The molecule has 1 aromatic carbocycles. The Morgan fingerprint density at radius 3 is 2.71 bits per heavy atom. The number of allylic oxidation sites excluding steroid dienone is 4. The Kier molecular flexibility index (Phi) is 4.20. The van der Waals surface area contributed by atoms with Gasteiger partial charge in [-0.25, -0.2) is 4.99 Å². The monoisotopic (exact) mass is 393 g/mol. The third kappa shape index (κ3) is 2.74. The highest BCUT2D eigenvalue weighted by atomic mass is 32.1. The van der Waals surface area contributed by atoms with Gasteiger partial charge in [-0.15, -0.1) is 0 Å².